The first-order valence-corrected chi connectivity index (χ1v) is 8.55. The van der Waals surface area contributed by atoms with Crippen molar-refractivity contribution in [1.82, 2.24) is 4.90 Å². The lowest BCUT2D eigenvalue weighted by molar-refractivity contribution is -0.143. The van der Waals surface area contributed by atoms with E-state index in [2.05, 4.69) is 0 Å². The molecular weight excluding hydrogens is 340 g/mol. The van der Waals surface area contributed by atoms with Gasteiger partial charge < -0.3 is 9.84 Å². The molecule has 0 bridgehead atoms. The second-order valence-electron chi connectivity index (χ2n) is 6.49. The summed E-state index contributed by atoms with van der Waals surface area (Å²) in [5, 5.41) is 9.20. The van der Waals surface area contributed by atoms with Gasteiger partial charge in [0.25, 0.3) is 0 Å². The first-order chi connectivity index (χ1) is 12.5. The molecule has 0 amide bonds. The number of aliphatic carboxylic acids is 1. The summed E-state index contributed by atoms with van der Waals surface area (Å²) >= 11 is 0. The van der Waals surface area contributed by atoms with Crippen molar-refractivity contribution in [2.24, 2.45) is 5.92 Å². The van der Waals surface area contributed by atoms with Crippen molar-refractivity contribution in [1.29, 1.82) is 0 Å². The number of nitrogens with zero attached hydrogens (tertiary/aromatic N) is 1. The van der Waals surface area contributed by atoms with E-state index in [0.717, 1.165) is 11.6 Å². The number of hydrogen-bond donors (Lipinski definition) is 1. The number of piperidine rings is 1. The van der Waals surface area contributed by atoms with Crippen LogP contribution in [0, 0.1) is 17.6 Å². The van der Waals surface area contributed by atoms with Crippen molar-refractivity contribution in [2.45, 2.75) is 18.9 Å². The third-order valence-electron chi connectivity index (χ3n) is 4.91. The molecule has 0 aliphatic carbocycles. The van der Waals surface area contributed by atoms with Crippen molar-refractivity contribution in [3.05, 3.63) is 65.2 Å². The predicted octanol–water partition coefficient (Wildman–Crippen LogP) is 3.86. The monoisotopic (exact) mass is 361 g/mol. The van der Waals surface area contributed by atoms with Gasteiger partial charge in [-0.05, 0) is 49.7 Å². The average Bonchev–Trinajstić information content (AvgIpc) is 2.64. The van der Waals surface area contributed by atoms with Gasteiger partial charge in [-0.3, -0.25) is 9.69 Å². The minimum Gasteiger partial charge on any atom is -0.497 e. The molecule has 1 fully saturated rings. The maximum Gasteiger partial charge on any atom is 0.306 e. The summed E-state index contributed by atoms with van der Waals surface area (Å²) in [5.74, 6) is -1.76. The lowest BCUT2D eigenvalue weighted by Crippen LogP contribution is -2.39. The second-order valence-corrected chi connectivity index (χ2v) is 6.49. The van der Waals surface area contributed by atoms with E-state index in [1.54, 1.807) is 13.2 Å². The van der Waals surface area contributed by atoms with Crippen LogP contribution in [-0.2, 0) is 4.79 Å². The van der Waals surface area contributed by atoms with Gasteiger partial charge in [-0.15, -0.1) is 0 Å². The van der Waals surface area contributed by atoms with Gasteiger partial charge in [0.2, 0.25) is 0 Å². The van der Waals surface area contributed by atoms with E-state index in [0.29, 0.717) is 37.2 Å². The van der Waals surface area contributed by atoms with Gasteiger partial charge in [-0.25, -0.2) is 8.78 Å². The molecule has 1 aliphatic rings. The van der Waals surface area contributed by atoms with E-state index in [4.69, 9.17) is 4.74 Å². The van der Waals surface area contributed by atoms with Gasteiger partial charge in [0.15, 0.2) is 0 Å². The molecule has 138 valence electrons. The van der Waals surface area contributed by atoms with E-state index in [1.807, 2.05) is 23.1 Å². The maximum absolute atomic E-state index is 14.5. The summed E-state index contributed by atoms with van der Waals surface area (Å²) in [6.45, 7) is 1.05. The van der Waals surface area contributed by atoms with Crippen LogP contribution in [0.4, 0.5) is 8.78 Å². The van der Waals surface area contributed by atoms with Gasteiger partial charge in [0, 0.05) is 11.6 Å². The molecular formula is C20H21F2NO3. The lowest BCUT2D eigenvalue weighted by Gasteiger charge is -2.37. The summed E-state index contributed by atoms with van der Waals surface area (Å²) in [4.78, 5) is 13.3. The highest BCUT2D eigenvalue weighted by Gasteiger charge is 2.31. The van der Waals surface area contributed by atoms with E-state index in [9.17, 15) is 18.7 Å². The summed E-state index contributed by atoms with van der Waals surface area (Å²) in [5.41, 5.74) is 1.19. The zero-order chi connectivity index (χ0) is 18.7. The fourth-order valence-corrected chi connectivity index (χ4v) is 3.53. The number of ether oxygens (including phenoxy) is 1. The molecule has 0 spiro atoms. The zero-order valence-corrected chi connectivity index (χ0v) is 14.5. The number of carboxylic acids is 1. The molecule has 0 radical (unpaired) electrons. The Morgan fingerprint density at radius 1 is 1.19 bits per heavy atom. The van der Waals surface area contributed by atoms with Crippen molar-refractivity contribution >= 4 is 5.97 Å². The van der Waals surface area contributed by atoms with Crippen molar-refractivity contribution in [3.8, 4) is 5.75 Å². The van der Waals surface area contributed by atoms with Gasteiger partial charge in [0.1, 0.15) is 17.4 Å². The van der Waals surface area contributed by atoms with Crippen LogP contribution in [0.15, 0.2) is 42.5 Å². The summed E-state index contributed by atoms with van der Waals surface area (Å²) in [6, 6.07) is 10.5. The number of benzene rings is 2. The van der Waals surface area contributed by atoms with Crippen molar-refractivity contribution in [2.75, 3.05) is 20.2 Å². The maximum atomic E-state index is 14.5. The third kappa shape index (κ3) is 3.85. The highest BCUT2D eigenvalue weighted by Crippen LogP contribution is 2.35. The average molecular weight is 361 g/mol. The Kier molecular flexibility index (Phi) is 5.52. The van der Waals surface area contributed by atoms with Crippen molar-refractivity contribution in [3.63, 3.8) is 0 Å². The minimum absolute atomic E-state index is 0.369. The molecule has 1 aliphatic heterocycles. The lowest BCUT2D eigenvalue weighted by atomic mass is 9.91. The number of hydrogen-bond acceptors (Lipinski definition) is 3. The van der Waals surface area contributed by atoms with Crippen LogP contribution in [0.1, 0.15) is 30.0 Å². The van der Waals surface area contributed by atoms with Crippen LogP contribution in [0.5, 0.6) is 5.75 Å². The molecule has 6 heteroatoms. The van der Waals surface area contributed by atoms with Crippen LogP contribution in [0.3, 0.4) is 0 Å². The van der Waals surface area contributed by atoms with E-state index < -0.39 is 23.6 Å². The van der Waals surface area contributed by atoms with Crippen molar-refractivity contribution < 1.29 is 23.4 Å². The molecule has 0 saturated carbocycles. The van der Waals surface area contributed by atoms with Crippen LogP contribution in [-0.4, -0.2) is 36.2 Å². The van der Waals surface area contributed by atoms with E-state index in [1.165, 1.54) is 12.1 Å². The fraction of sp³-hybridized carbons (Fsp3) is 0.350. The summed E-state index contributed by atoms with van der Waals surface area (Å²) in [7, 11) is 1.56. The molecule has 3 rings (SSSR count). The molecule has 1 saturated heterocycles. The molecule has 2 aromatic carbocycles. The van der Waals surface area contributed by atoms with Gasteiger partial charge in [-0.1, -0.05) is 18.2 Å². The Hall–Kier alpha value is -2.47. The van der Waals surface area contributed by atoms with E-state index >= 15 is 0 Å². The van der Waals surface area contributed by atoms with Gasteiger partial charge >= 0.3 is 5.97 Å². The first kappa shape index (κ1) is 18.3. The normalized spacial score (nSPS) is 17.0. The number of likely N-dealkylation sites (tertiary alicyclic amines) is 1. The van der Waals surface area contributed by atoms with Crippen LogP contribution in [0.2, 0.25) is 0 Å². The molecule has 1 unspecified atom stereocenters. The Balaban J connectivity index is 1.98. The highest BCUT2D eigenvalue weighted by atomic mass is 19.1. The van der Waals surface area contributed by atoms with E-state index in [-0.39, 0.29) is 5.92 Å². The topological polar surface area (TPSA) is 49.8 Å². The van der Waals surface area contributed by atoms with Gasteiger partial charge in [0.05, 0.1) is 19.1 Å². The number of carboxylic acid groups (broad SMARTS) is 1. The fourth-order valence-electron chi connectivity index (χ4n) is 3.53. The Morgan fingerprint density at radius 2 is 1.92 bits per heavy atom. The van der Waals surface area contributed by atoms with Crippen LogP contribution >= 0.6 is 0 Å². The minimum atomic E-state index is -0.796. The first-order valence-electron chi connectivity index (χ1n) is 8.55. The Labute approximate surface area is 151 Å². The Bertz CT molecular complexity index is 788. The second kappa shape index (κ2) is 7.83. The van der Waals surface area contributed by atoms with Crippen LogP contribution in [0.25, 0.3) is 0 Å². The summed E-state index contributed by atoms with van der Waals surface area (Å²) < 4.78 is 33.2. The Morgan fingerprint density at radius 3 is 2.54 bits per heavy atom. The molecule has 26 heavy (non-hydrogen) atoms. The number of methoxy groups -OCH3 is 1. The highest BCUT2D eigenvalue weighted by molar-refractivity contribution is 5.70. The molecule has 1 N–H and O–H groups in total. The number of halogens is 2. The zero-order valence-electron chi connectivity index (χ0n) is 14.5. The summed E-state index contributed by atoms with van der Waals surface area (Å²) in [6.07, 6.45) is 0.997. The molecule has 1 heterocycles. The molecule has 2 aromatic rings. The largest absolute Gasteiger partial charge is 0.497 e. The number of carbonyl (C=O) groups is 1. The van der Waals surface area contributed by atoms with Crippen LogP contribution < -0.4 is 4.74 Å². The van der Waals surface area contributed by atoms with Gasteiger partial charge in [-0.2, -0.15) is 0 Å². The third-order valence-corrected chi connectivity index (χ3v) is 4.91. The SMILES string of the molecule is COc1cccc(C(c2ccc(F)cc2F)N2CCC(C(=O)O)CC2)c1. The molecule has 4 nitrogen and oxygen atoms in total. The molecule has 0 aromatic heterocycles. The smallest absolute Gasteiger partial charge is 0.306 e. The quantitative estimate of drug-likeness (QED) is 0.879. The number of rotatable bonds is 5. The molecule has 1 atom stereocenters. The predicted molar refractivity (Wildman–Crippen MR) is 93.1 cm³/mol. The standard InChI is InChI=1S/C20H21F2NO3/c1-26-16-4-2-3-14(11-16)19(17-6-5-15(21)12-18(17)22)23-9-7-13(8-10-23)20(24)25/h2-6,11-13,19H,7-10H2,1H3,(H,24,25).